The van der Waals surface area contributed by atoms with Crippen molar-refractivity contribution in [2.45, 2.75) is 10.6 Å². The number of carboxylic acid groups (broad SMARTS) is 1. The molecule has 0 radical (unpaired) electrons. The number of benzene rings is 2. The highest BCUT2D eigenvalue weighted by atomic mass is 32.2. The molecule has 1 unspecified atom stereocenters. The number of carboxylic acids is 1. The van der Waals surface area contributed by atoms with Crippen LogP contribution in [0, 0.1) is 5.82 Å². The predicted octanol–water partition coefficient (Wildman–Crippen LogP) is 2.83. The first-order valence-corrected chi connectivity index (χ1v) is 6.84. The zero-order valence-electron chi connectivity index (χ0n) is 9.88. The van der Waals surface area contributed by atoms with Crippen LogP contribution in [0.3, 0.4) is 0 Å². The average molecular weight is 278 g/mol. The average Bonchev–Trinajstić information content (AvgIpc) is 2.41. The van der Waals surface area contributed by atoms with Gasteiger partial charge >= 0.3 is 5.97 Å². The van der Waals surface area contributed by atoms with Gasteiger partial charge in [0.2, 0.25) is 0 Å². The van der Waals surface area contributed by atoms with E-state index in [0.717, 1.165) is 5.56 Å². The van der Waals surface area contributed by atoms with Gasteiger partial charge in [0.25, 0.3) is 0 Å². The normalized spacial score (nSPS) is 12.1. The van der Waals surface area contributed by atoms with Gasteiger partial charge in [-0.2, -0.15) is 0 Å². The standard InChI is InChI=1S/C14H11FO3S/c15-12-6-4-10(5-7-12)9-19(18)13-3-1-2-11(8-13)14(16)17/h1-8H,9H2,(H,16,17). The molecule has 1 N–H and O–H groups in total. The first-order valence-electron chi connectivity index (χ1n) is 5.52. The van der Waals surface area contributed by atoms with Gasteiger partial charge in [0.15, 0.2) is 0 Å². The van der Waals surface area contributed by atoms with E-state index in [4.69, 9.17) is 5.11 Å². The van der Waals surface area contributed by atoms with Crippen molar-refractivity contribution >= 4 is 16.8 Å². The summed E-state index contributed by atoms with van der Waals surface area (Å²) in [6.07, 6.45) is 0. The van der Waals surface area contributed by atoms with Crippen LogP contribution < -0.4 is 0 Å². The molecule has 0 amide bonds. The smallest absolute Gasteiger partial charge is 0.335 e. The lowest BCUT2D eigenvalue weighted by Gasteiger charge is -2.04. The molecule has 0 aliphatic carbocycles. The molecule has 2 rings (SSSR count). The zero-order chi connectivity index (χ0) is 13.8. The SMILES string of the molecule is O=C(O)c1cccc(S(=O)Cc2ccc(F)cc2)c1. The molecule has 3 nitrogen and oxygen atoms in total. The lowest BCUT2D eigenvalue weighted by Crippen LogP contribution is -2.00. The van der Waals surface area contributed by atoms with Crippen LogP contribution in [-0.4, -0.2) is 15.3 Å². The molecule has 0 aromatic heterocycles. The van der Waals surface area contributed by atoms with Crippen molar-refractivity contribution in [3.8, 4) is 0 Å². The fraction of sp³-hybridized carbons (Fsp3) is 0.0714. The first-order chi connectivity index (χ1) is 9.06. The summed E-state index contributed by atoms with van der Waals surface area (Å²) in [5.74, 6) is -1.17. The Morgan fingerprint density at radius 1 is 1.16 bits per heavy atom. The van der Waals surface area contributed by atoms with Crippen molar-refractivity contribution in [3.63, 3.8) is 0 Å². The molecule has 0 saturated carbocycles. The Labute approximate surface area is 112 Å². The first kappa shape index (κ1) is 13.4. The predicted molar refractivity (Wildman–Crippen MR) is 69.9 cm³/mol. The largest absolute Gasteiger partial charge is 0.478 e. The second-order valence-corrected chi connectivity index (χ2v) is 5.40. The topological polar surface area (TPSA) is 54.4 Å². The van der Waals surface area contributed by atoms with Crippen molar-refractivity contribution in [1.82, 2.24) is 0 Å². The van der Waals surface area contributed by atoms with Gasteiger partial charge in [-0.15, -0.1) is 0 Å². The maximum Gasteiger partial charge on any atom is 0.335 e. The molecular weight excluding hydrogens is 267 g/mol. The minimum atomic E-state index is -1.35. The van der Waals surface area contributed by atoms with E-state index in [1.54, 1.807) is 24.3 Å². The highest BCUT2D eigenvalue weighted by Crippen LogP contribution is 2.14. The third-order valence-electron chi connectivity index (χ3n) is 2.55. The summed E-state index contributed by atoms with van der Waals surface area (Å²) in [7, 11) is -1.35. The van der Waals surface area contributed by atoms with Crippen LogP contribution in [0.2, 0.25) is 0 Å². The number of aromatic carboxylic acids is 1. The van der Waals surface area contributed by atoms with E-state index in [9.17, 15) is 13.4 Å². The molecular formula is C14H11FO3S. The molecule has 0 aliphatic rings. The minimum absolute atomic E-state index is 0.102. The van der Waals surface area contributed by atoms with E-state index in [-0.39, 0.29) is 17.1 Å². The molecule has 1 atom stereocenters. The number of halogens is 1. The summed E-state index contributed by atoms with van der Waals surface area (Å²) in [6.45, 7) is 0. The molecule has 0 heterocycles. The van der Waals surface area contributed by atoms with Gasteiger partial charge in [0.05, 0.1) is 22.1 Å². The molecule has 5 heteroatoms. The number of rotatable bonds is 4. The van der Waals surface area contributed by atoms with Crippen LogP contribution in [0.5, 0.6) is 0 Å². The van der Waals surface area contributed by atoms with E-state index >= 15 is 0 Å². The van der Waals surface area contributed by atoms with Crippen LogP contribution in [0.1, 0.15) is 15.9 Å². The molecule has 2 aromatic carbocycles. The highest BCUT2D eigenvalue weighted by Gasteiger charge is 2.09. The third-order valence-corrected chi connectivity index (χ3v) is 3.93. The van der Waals surface area contributed by atoms with Crippen molar-refractivity contribution in [2.75, 3.05) is 0 Å². The Balaban J connectivity index is 2.18. The Bertz CT molecular complexity index is 623. The molecule has 0 fully saturated rings. The zero-order valence-corrected chi connectivity index (χ0v) is 10.7. The lowest BCUT2D eigenvalue weighted by molar-refractivity contribution is 0.0696. The van der Waals surface area contributed by atoms with Gasteiger partial charge in [-0.1, -0.05) is 18.2 Å². The fourth-order valence-corrected chi connectivity index (χ4v) is 2.74. The van der Waals surface area contributed by atoms with Gasteiger partial charge in [-0.05, 0) is 35.9 Å². The molecule has 2 aromatic rings. The molecule has 0 spiro atoms. The molecule has 0 saturated heterocycles. The Kier molecular flexibility index (Phi) is 4.06. The quantitative estimate of drug-likeness (QED) is 0.935. The third kappa shape index (κ3) is 3.48. The van der Waals surface area contributed by atoms with Crippen molar-refractivity contribution in [3.05, 3.63) is 65.5 Å². The molecule has 98 valence electrons. The van der Waals surface area contributed by atoms with Crippen molar-refractivity contribution < 1.29 is 18.5 Å². The Morgan fingerprint density at radius 3 is 2.47 bits per heavy atom. The van der Waals surface area contributed by atoms with E-state index in [1.165, 1.54) is 24.3 Å². The van der Waals surface area contributed by atoms with E-state index in [0.29, 0.717) is 4.90 Å². The van der Waals surface area contributed by atoms with E-state index in [1.807, 2.05) is 0 Å². The van der Waals surface area contributed by atoms with Crippen LogP contribution in [0.25, 0.3) is 0 Å². The van der Waals surface area contributed by atoms with E-state index in [2.05, 4.69) is 0 Å². The minimum Gasteiger partial charge on any atom is -0.478 e. The fourth-order valence-electron chi connectivity index (χ4n) is 1.59. The van der Waals surface area contributed by atoms with Gasteiger partial charge in [-0.25, -0.2) is 9.18 Å². The van der Waals surface area contributed by atoms with Crippen LogP contribution in [-0.2, 0) is 16.6 Å². The second-order valence-electron chi connectivity index (χ2n) is 3.95. The van der Waals surface area contributed by atoms with Crippen LogP contribution in [0.15, 0.2) is 53.4 Å². The van der Waals surface area contributed by atoms with Crippen LogP contribution in [0.4, 0.5) is 4.39 Å². The van der Waals surface area contributed by atoms with Crippen molar-refractivity contribution in [2.24, 2.45) is 0 Å². The molecule has 0 aliphatic heterocycles. The van der Waals surface area contributed by atoms with E-state index < -0.39 is 16.8 Å². The summed E-state index contributed by atoms with van der Waals surface area (Å²) < 4.78 is 24.8. The summed E-state index contributed by atoms with van der Waals surface area (Å²) in [5, 5.41) is 8.87. The van der Waals surface area contributed by atoms with Crippen molar-refractivity contribution in [1.29, 1.82) is 0 Å². The molecule has 19 heavy (non-hydrogen) atoms. The molecule has 0 bridgehead atoms. The summed E-state index contributed by atoms with van der Waals surface area (Å²) >= 11 is 0. The second kappa shape index (κ2) is 5.75. The maximum absolute atomic E-state index is 12.7. The summed E-state index contributed by atoms with van der Waals surface area (Å²) in [6, 6.07) is 11.7. The Hall–Kier alpha value is -2.01. The van der Waals surface area contributed by atoms with Crippen LogP contribution >= 0.6 is 0 Å². The Morgan fingerprint density at radius 2 is 1.84 bits per heavy atom. The van der Waals surface area contributed by atoms with Gasteiger partial charge in [0, 0.05) is 4.90 Å². The highest BCUT2D eigenvalue weighted by molar-refractivity contribution is 7.84. The monoisotopic (exact) mass is 278 g/mol. The number of carbonyl (C=O) groups is 1. The lowest BCUT2D eigenvalue weighted by atomic mass is 10.2. The maximum atomic E-state index is 12.7. The number of hydrogen-bond acceptors (Lipinski definition) is 2. The number of hydrogen-bond donors (Lipinski definition) is 1. The van der Waals surface area contributed by atoms with Gasteiger partial charge in [0.1, 0.15) is 5.82 Å². The van der Waals surface area contributed by atoms with Gasteiger partial charge in [-0.3, -0.25) is 4.21 Å². The summed E-state index contributed by atoms with van der Waals surface area (Å²) in [5.41, 5.74) is 0.838. The van der Waals surface area contributed by atoms with Gasteiger partial charge < -0.3 is 5.11 Å². The summed E-state index contributed by atoms with van der Waals surface area (Å²) in [4.78, 5) is 11.3.